The molecule has 0 saturated carbocycles. The topological polar surface area (TPSA) is 269 Å². The lowest BCUT2D eigenvalue weighted by Crippen LogP contribution is -2.55. The smallest absolute Gasteiger partial charge is 0.267 e. The largest absolute Gasteiger partial charge is 0.756 e. The van der Waals surface area contributed by atoms with Crippen LogP contribution in [-0.4, -0.2) is 116 Å². The van der Waals surface area contributed by atoms with Gasteiger partial charge >= 0.3 is 0 Å². The molecule has 17 nitrogen and oxygen atoms in total. The van der Waals surface area contributed by atoms with Gasteiger partial charge in [0.2, 0.25) is 0 Å². The first kappa shape index (κ1) is 39.0. The van der Waals surface area contributed by atoms with E-state index < -0.39 is 89.6 Å². The normalized spacial score (nSPS) is 13.4. The zero-order valence-corrected chi connectivity index (χ0v) is 26.0. The number of rotatable bonds is 24. The number of carbonyl (C=O) groups excluding carboxylic acids is 5. The molecule has 2 rings (SSSR count). The minimum Gasteiger partial charge on any atom is -0.756 e. The second-order valence-corrected chi connectivity index (χ2v) is 11.7. The molecule has 0 aliphatic heterocycles. The van der Waals surface area contributed by atoms with Crippen molar-refractivity contribution < 1.29 is 68.0 Å². The molecule has 2 unspecified atom stereocenters. The molecule has 0 aliphatic carbocycles. The van der Waals surface area contributed by atoms with E-state index in [9.17, 15) is 59.0 Å². The van der Waals surface area contributed by atoms with E-state index in [2.05, 4.69) is 0 Å². The van der Waals surface area contributed by atoms with E-state index >= 15 is 0 Å². The van der Waals surface area contributed by atoms with Crippen LogP contribution >= 0.6 is 7.82 Å². The number of nitrogens with zero attached hydrogens (tertiary/aromatic N) is 3. The quantitative estimate of drug-likeness (QED) is 0.0934. The molecule has 0 N–H and O–H groups in total. The van der Waals surface area contributed by atoms with Crippen LogP contribution in [0.3, 0.4) is 0 Å². The number of hydrogen-bond acceptors (Lipinski definition) is 17. The lowest BCUT2D eigenvalue weighted by atomic mass is 10.0. The van der Waals surface area contributed by atoms with Gasteiger partial charge in [-0.05, 0) is 23.1 Å². The Morgan fingerprint density at radius 2 is 1.11 bits per heavy atom. The predicted octanol–water partition coefficient (Wildman–Crippen LogP) is -6.58. The van der Waals surface area contributed by atoms with Gasteiger partial charge in [-0.3, -0.25) is 19.3 Å². The van der Waals surface area contributed by atoms with E-state index in [0.29, 0.717) is 4.90 Å². The fourth-order valence-electron chi connectivity index (χ4n) is 4.48. The molecular weight excluding hydrogens is 645 g/mol. The maximum Gasteiger partial charge on any atom is 0.267 e. The number of hydrogen-bond donors (Lipinski definition) is 0. The lowest BCUT2D eigenvalue weighted by molar-refractivity contribution is -0.313. The molecule has 47 heavy (non-hydrogen) atoms. The summed E-state index contributed by atoms with van der Waals surface area (Å²) in [6.07, 6.45) is 0.156. The minimum atomic E-state index is -5.09. The van der Waals surface area contributed by atoms with Crippen LogP contribution in [0.2, 0.25) is 0 Å². The number of aliphatic carboxylic acids is 5. The molecule has 0 heterocycles. The highest BCUT2D eigenvalue weighted by Crippen LogP contribution is 2.38. The molecule has 0 aliphatic rings. The van der Waals surface area contributed by atoms with Crippen LogP contribution in [-0.2, 0) is 44.0 Å². The summed E-state index contributed by atoms with van der Waals surface area (Å²) in [6, 6.07) is 15.3. The van der Waals surface area contributed by atoms with Crippen molar-refractivity contribution in [2.75, 3.05) is 65.6 Å². The molecule has 0 amide bonds. The van der Waals surface area contributed by atoms with Crippen molar-refractivity contribution in [1.82, 2.24) is 14.7 Å². The van der Waals surface area contributed by atoms with Gasteiger partial charge in [0.15, 0.2) is 0 Å². The molecule has 0 radical (unpaired) electrons. The molecule has 0 fully saturated rings. The number of carbonyl (C=O) groups is 5. The molecule has 0 bridgehead atoms. The highest BCUT2D eigenvalue weighted by molar-refractivity contribution is 7.45. The summed E-state index contributed by atoms with van der Waals surface area (Å²) in [4.78, 5) is 71.2. The Hall–Kier alpha value is -4.22. The van der Waals surface area contributed by atoms with E-state index in [1.807, 2.05) is 42.5 Å². The first-order chi connectivity index (χ1) is 22.1. The summed E-state index contributed by atoms with van der Waals surface area (Å²) >= 11 is 0. The third-order valence-electron chi connectivity index (χ3n) is 6.57. The Bertz CT molecular complexity index is 1360. The second-order valence-electron chi connectivity index (χ2n) is 10.3. The van der Waals surface area contributed by atoms with E-state index in [-0.39, 0.29) is 26.1 Å². The van der Waals surface area contributed by atoms with Crippen LogP contribution < -0.4 is 30.4 Å². The first-order valence-corrected chi connectivity index (χ1v) is 15.5. The molecular formula is C29H32N3O14P-6. The van der Waals surface area contributed by atoms with E-state index in [1.165, 1.54) is 0 Å². The highest BCUT2D eigenvalue weighted by atomic mass is 31.2. The number of carboxylic acids is 5. The highest BCUT2D eigenvalue weighted by Gasteiger charge is 2.25. The van der Waals surface area contributed by atoms with Gasteiger partial charge in [0, 0.05) is 58.4 Å². The van der Waals surface area contributed by atoms with Crippen LogP contribution in [0.15, 0.2) is 54.6 Å². The Morgan fingerprint density at radius 1 is 0.638 bits per heavy atom. The summed E-state index contributed by atoms with van der Waals surface area (Å²) in [7, 11) is -5.09. The standard InChI is InChI=1S/C29H38N3O14P/c33-25(34)15-30(11-12-31(16-26(35)36)17-27(37)38)14-24(32(18-28(39)40)19-29(41)42)20-46-47(43,44)45-13-10-21-6-8-23(9-7-21)22-4-2-1-3-5-22/h1-9,24H,10-20H2,(H,33,34)(H,35,36)(H,37,38)(H,39,40)(H,41,42)(H,43,44)/p-6. The Balaban J connectivity index is 2.13. The Kier molecular flexibility index (Phi) is 16.1. The molecule has 2 aromatic rings. The predicted molar refractivity (Wildman–Crippen MR) is 148 cm³/mol. The van der Waals surface area contributed by atoms with Gasteiger partial charge in [-0.15, -0.1) is 0 Å². The van der Waals surface area contributed by atoms with Crippen molar-refractivity contribution in [1.29, 1.82) is 0 Å². The minimum absolute atomic E-state index is 0.156. The van der Waals surface area contributed by atoms with E-state index in [1.54, 1.807) is 12.1 Å². The molecule has 0 aromatic heterocycles. The number of phosphoric acid groups is 1. The fraction of sp³-hybridized carbons (Fsp3) is 0.414. The average Bonchev–Trinajstić information content (AvgIpc) is 2.97. The zero-order valence-electron chi connectivity index (χ0n) is 25.1. The van der Waals surface area contributed by atoms with Gasteiger partial charge < -0.3 is 63.4 Å². The van der Waals surface area contributed by atoms with Crippen molar-refractivity contribution >= 4 is 37.7 Å². The van der Waals surface area contributed by atoms with Crippen molar-refractivity contribution in [3.05, 3.63) is 60.2 Å². The summed E-state index contributed by atoms with van der Waals surface area (Å²) in [5.74, 6) is -8.49. The van der Waals surface area contributed by atoms with Crippen LogP contribution in [0.4, 0.5) is 0 Å². The van der Waals surface area contributed by atoms with E-state index in [0.717, 1.165) is 26.5 Å². The molecule has 2 atom stereocenters. The van der Waals surface area contributed by atoms with Crippen molar-refractivity contribution in [3.63, 3.8) is 0 Å². The van der Waals surface area contributed by atoms with Gasteiger partial charge in [0.25, 0.3) is 7.82 Å². The van der Waals surface area contributed by atoms with Crippen LogP contribution in [0.1, 0.15) is 5.56 Å². The SMILES string of the molecule is O=C([O-])CN(CCN(CC(=O)[O-])CC(COP(=O)([O-])OCCc1ccc(-c2ccccc2)cc1)N(CC(=O)[O-])CC(=O)[O-])CC(=O)[O-]. The van der Waals surface area contributed by atoms with Crippen LogP contribution in [0, 0.1) is 0 Å². The molecule has 0 saturated heterocycles. The Morgan fingerprint density at radius 3 is 1.62 bits per heavy atom. The molecule has 258 valence electrons. The summed E-state index contributed by atoms with van der Waals surface area (Å²) in [6.45, 7) is -7.36. The van der Waals surface area contributed by atoms with Gasteiger partial charge in [0.05, 0.1) is 43.1 Å². The Labute approximate surface area is 269 Å². The monoisotopic (exact) mass is 677 g/mol. The number of phosphoric ester groups is 1. The van der Waals surface area contributed by atoms with Crippen molar-refractivity contribution in [2.24, 2.45) is 0 Å². The molecule has 18 heteroatoms. The summed E-state index contributed by atoms with van der Waals surface area (Å²) in [5.41, 5.74) is 2.66. The molecule has 0 spiro atoms. The van der Waals surface area contributed by atoms with Gasteiger partial charge in [-0.2, -0.15) is 0 Å². The van der Waals surface area contributed by atoms with Gasteiger partial charge in [0.1, 0.15) is 0 Å². The first-order valence-electron chi connectivity index (χ1n) is 14.1. The van der Waals surface area contributed by atoms with Crippen LogP contribution in [0.5, 0.6) is 0 Å². The summed E-state index contributed by atoms with van der Waals surface area (Å²) < 4.78 is 22.4. The van der Waals surface area contributed by atoms with Gasteiger partial charge in [-0.25, -0.2) is 0 Å². The maximum absolute atomic E-state index is 12.6. The third kappa shape index (κ3) is 16.3. The zero-order chi connectivity index (χ0) is 35.0. The van der Waals surface area contributed by atoms with E-state index in [4.69, 9.17) is 9.05 Å². The van der Waals surface area contributed by atoms with Gasteiger partial charge in [-0.1, -0.05) is 54.6 Å². The van der Waals surface area contributed by atoms with Crippen LogP contribution in [0.25, 0.3) is 11.1 Å². The third-order valence-corrected chi connectivity index (χ3v) is 7.53. The number of benzene rings is 2. The maximum atomic E-state index is 12.6. The second kappa shape index (κ2) is 19.4. The van der Waals surface area contributed by atoms with Crippen molar-refractivity contribution in [3.8, 4) is 11.1 Å². The lowest BCUT2D eigenvalue weighted by Gasteiger charge is -2.37. The molecule has 2 aromatic carbocycles. The average molecular weight is 678 g/mol. The fourth-order valence-corrected chi connectivity index (χ4v) is 5.23. The summed E-state index contributed by atoms with van der Waals surface area (Å²) in [5, 5.41) is 56.1. The number of carboxylic acid groups (broad SMARTS) is 5. The van der Waals surface area contributed by atoms with Crippen molar-refractivity contribution in [2.45, 2.75) is 12.5 Å².